The van der Waals surface area contributed by atoms with E-state index in [0.717, 1.165) is 17.7 Å². The van der Waals surface area contributed by atoms with Crippen molar-refractivity contribution in [2.75, 3.05) is 6.61 Å². The zero-order valence-electron chi connectivity index (χ0n) is 10.1. The van der Waals surface area contributed by atoms with Gasteiger partial charge in [-0.2, -0.15) is 0 Å². The smallest absolute Gasteiger partial charge is 0.172 e. The van der Waals surface area contributed by atoms with Crippen LogP contribution in [0, 0.1) is 5.92 Å². The van der Waals surface area contributed by atoms with Crippen molar-refractivity contribution in [2.45, 2.75) is 33.1 Å². The highest BCUT2D eigenvalue weighted by molar-refractivity contribution is 6.01. The van der Waals surface area contributed by atoms with Gasteiger partial charge in [-0.25, -0.2) is 0 Å². The third-order valence-electron chi connectivity index (χ3n) is 3.38. The molecule has 0 spiro atoms. The summed E-state index contributed by atoms with van der Waals surface area (Å²) >= 11 is 0. The average molecular weight is 218 g/mol. The summed E-state index contributed by atoms with van der Waals surface area (Å²) in [5, 5.41) is 0. The van der Waals surface area contributed by atoms with E-state index >= 15 is 0 Å². The predicted molar refractivity (Wildman–Crippen MR) is 64.1 cm³/mol. The summed E-state index contributed by atoms with van der Waals surface area (Å²) in [5.74, 6) is 1.46. The normalized spacial score (nSPS) is 21.2. The van der Waals surface area contributed by atoms with E-state index in [1.807, 2.05) is 19.1 Å². The number of fused-ring (bicyclic) bond motifs is 1. The molecule has 2 rings (SSSR count). The highest BCUT2D eigenvalue weighted by Gasteiger charge is 2.27. The van der Waals surface area contributed by atoms with Crippen LogP contribution in [-0.4, -0.2) is 12.4 Å². The van der Waals surface area contributed by atoms with Crippen molar-refractivity contribution in [1.29, 1.82) is 0 Å². The van der Waals surface area contributed by atoms with Gasteiger partial charge in [-0.05, 0) is 24.0 Å². The largest absolute Gasteiger partial charge is 0.492 e. The number of carbonyl (C=O) groups is 1. The summed E-state index contributed by atoms with van der Waals surface area (Å²) in [6.07, 6.45) is 1.06. The topological polar surface area (TPSA) is 26.3 Å². The number of hydrogen-bond donors (Lipinski definition) is 0. The Morgan fingerprint density at radius 3 is 2.94 bits per heavy atom. The van der Waals surface area contributed by atoms with E-state index in [4.69, 9.17) is 4.74 Å². The molecule has 0 fully saturated rings. The number of rotatable bonds is 2. The van der Waals surface area contributed by atoms with E-state index < -0.39 is 0 Å². The van der Waals surface area contributed by atoms with Gasteiger partial charge in [0.2, 0.25) is 0 Å². The van der Waals surface area contributed by atoms with Crippen molar-refractivity contribution in [3.05, 3.63) is 29.3 Å². The van der Waals surface area contributed by atoms with Crippen LogP contribution in [0.2, 0.25) is 0 Å². The average Bonchev–Trinajstić information content (AvgIpc) is 2.32. The standard InChI is InChI=1S/C14H18O2/c1-4-9(2)11-6-5-7-12-13(15)10(3)8-16-14(11)12/h5-7,9-10H,4,8H2,1-3H3. The van der Waals surface area contributed by atoms with Crippen molar-refractivity contribution in [2.24, 2.45) is 5.92 Å². The van der Waals surface area contributed by atoms with Crippen LogP contribution in [0.4, 0.5) is 0 Å². The van der Waals surface area contributed by atoms with Gasteiger partial charge in [-0.15, -0.1) is 0 Å². The fourth-order valence-electron chi connectivity index (χ4n) is 2.07. The highest BCUT2D eigenvalue weighted by atomic mass is 16.5. The molecule has 1 aliphatic heterocycles. The third-order valence-corrected chi connectivity index (χ3v) is 3.38. The van der Waals surface area contributed by atoms with Crippen molar-refractivity contribution < 1.29 is 9.53 Å². The molecule has 1 aliphatic rings. The number of benzene rings is 1. The van der Waals surface area contributed by atoms with Gasteiger partial charge in [0.25, 0.3) is 0 Å². The zero-order chi connectivity index (χ0) is 11.7. The Balaban J connectivity index is 2.48. The molecular formula is C14H18O2. The molecule has 0 saturated carbocycles. The van der Waals surface area contributed by atoms with Gasteiger partial charge in [-0.3, -0.25) is 4.79 Å². The summed E-state index contributed by atoms with van der Waals surface area (Å²) < 4.78 is 5.74. The maximum absolute atomic E-state index is 12.0. The molecule has 86 valence electrons. The van der Waals surface area contributed by atoms with Crippen molar-refractivity contribution in [3.63, 3.8) is 0 Å². The lowest BCUT2D eigenvalue weighted by atomic mass is 9.90. The maximum atomic E-state index is 12.0. The van der Waals surface area contributed by atoms with Gasteiger partial charge in [-0.1, -0.05) is 32.9 Å². The van der Waals surface area contributed by atoms with Crippen molar-refractivity contribution >= 4 is 5.78 Å². The second-order valence-corrected chi connectivity index (χ2v) is 4.61. The maximum Gasteiger partial charge on any atom is 0.172 e. The lowest BCUT2D eigenvalue weighted by Crippen LogP contribution is -2.26. The van der Waals surface area contributed by atoms with E-state index in [9.17, 15) is 4.79 Å². The van der Waals surface area contributed by atoms with Gasteiger partial charge in [0.05, 0.1) is 18.1 Å². The second-order valence-electron chi connectivity index (χ2n) is 4.61. The molecule has 1 heterocycles. The molecule has 0 N–H and O–H groups in total. The monoisotopic (exact) mass is 218 g/mol. The fourth-order valence-corrected chi connectivity index (χ4v) is 2.07. The minimum atomic E-state index is -0.0142. The minimum absolute atomic E-state index is 0.0142. The first kappa shape index (κ1) is 11.2. The quantitative estimate of drug-likeness (QED) is 0.760. The van der Waals surface area contributed by atoms with Crippen LogP contribution in [-0.2, 0) is 0 Å². The number of para-hydroxylation sites is 1. The molecule has 2 nitrogen and oxygen atoms in total. The molecule has 0 aliphatic carbocycles. The Kier molecular flexibility index (Phi) is 2.99. The van der Waals surface area contributed by atoms with E-state index in [-0.39, 0.29) is 11.7 Å². The van der Waals surface area contributed by atoms with Crippen LogP contribution in [0.15, 0.2) is 18.2 Å². The lowest BCUT2D eigenvalue weighted by molar-refractivity contribution is 0.0847. The van der Waals surface area contributed by atoms with Gasteiger partial charge < -0.3 is 4.74 Å². The Bertz CT molecular complexity index is 409. The summed E-state index contributed by atoms with van der Waals surface area (Å²) in [4.78, 5) is 12.0. The van der Waals surface area contributed by atoms with Gasteiger partial charge >= 0.3 is 0 Å². The summed E-state index contributed by atoms with van der Waals surface area (Å²) in [6.45, 7) is 6.75. The van der Waals surface area contributed by atoms with Crippen LogP contribution in [0.3, 0.4) is 0 Å². The molecule has 0 radical (unpaired) electrons. The molecule has 2 heteroatoms. The van der Waals surface area contributed by atoms with E-state index in [1.165, 1.54) is 5.56 Å². The minimum Gasteiger partial charge on any atom is -0.492 e. The first-order valence-corrected chi connectivity index (χ1v) is 5.95. The Labute approximate surface area is 96.6 Å². The van der Waals surface area contributed by atoms with Crippen LogP contribution < -0.4 is 4.74 Å². The fraction of sp³-hybridized carbons (Fsp3) is 0.500. The van der Waals surface area contributed by atoms with Crippen molar-refractivity contribution in [3.8, 4) is 5.75 Å². The van der Waals surface area contributed by atoms with Crippen LogP contribution >= 0.6 is 0 Å². The molecular weight excluding hydrogens is 200 g/mol. The van der Waals surface area contributed by atoms with Gasteiger partial charge in [0.1, 0.15) is 5.75 Å². The summed E-state index contributed by atoms with van der Waals surface area (Å²) in [7, 11) is 0. The zero-order valence-corrected chi connectivity index (χ0v) is 10.1. The van der Waals surface area contributed by atoms with Crippen LogP contribution in [0.25, 0.3) is 0 Å². The Morgan fingerprint density at radius 1 is 1.50 bits per heavy atom. The molecule has 1 aromatic rings. The molecule has 2 atom stereocenters. The number of carbonyl (C=O) groups excluding carboxylic acids is 1. The molecule has 1 aromatic carbocycles. The number of ether oxygens (including phenoxy) is 1. The van der Waals surface area contributed by atoms with Crippen LogP contribution in [0.1, 0.15) is 49.0 Å². The predicted octanol–water partition coefficient (Wildman–Crippen LogP) is 3.41. The molecule has 0 aromatic heterocycles. The van der Waals surface area contributed by atoms with E-state index in [2.05, 4.69) is 19.9 Å². The second kappa shape index (κ2) is 4.28. The van der Waals surface area contributed by atoms with Gasteiger partial charge in [0, 0.05) is 0 Å². The van der Waals surface area contributed by atoms with Crippen LogP contribution in [0.5, 0.6) is 5.75 Å². The molecule has 16 heavy (non-hydrogen) atoms. The first-order chi connectivity index (χ1) is 7.65. The van der Waals surface area contributed by atoms with Crippen molar-refractivity contribution in [1.82, 2.24) is 0 Å². The van der Waals surface area contributed by atoms with E-state index in [1.54, 1.807) is 0 Å². The number of ketones is 1. The SMILES string of the molecule is CCC(C)c1cccc2c1OCC(C)C2=O. The van der Waals surface area contributed by atoms with Gasteiger partial charge in [0.15, 0.2) is 5.78 Å². The molecule has 0 bridgehead atoms. The highest BCUT2D eigenvalue weighted by Crippen LogP contribution is 2.35. The Hall–Kier alpha value is -1.31. The third kappa shape index (κ3) is 1.73. The number of hydrogen-bond acceptors (Lipinski definition) is 2. The number of Topliss-reactive ketones (excluding diaryl/α,β-unsaturated/α-hetero) is 1. The summed E-state index contributed by atoms with van der Waals surface area (Å²) in [6, 6.07) is 5.90. The van der Waals surface area contributed by atoms with E-state index in [0.29, 0.717) is 12.5 Å². The molecule has 0 saturated heterocycles. The molecule has 2 unspecified atom stereocenters. The Morgan fingerprint density at radius 2 is 2.25 bits per heavy atom. The molecule has 0 amide bonds. The first-order valence-electron chi connectivity index (χ1n) is 5.95. The summed E-state index contributed by atoms with van der Waals surface area (Å²) in [5.41, 5.74) is 1.93. The lowest BCUT2D eigenvalue weighted by Gasteiger charge is -2.25.